The molecule has 0 amide bonds. The van der Waals surface area contributed by atoms with Gasteiger partial charge in [-0.3, -0.25) is 4.79 Å². The van der Waals surface area contributed by atoms with Crippen LogP contribution in [0.5, 0.6) is 0 Å². The zero-order valence-corrected chi connectivity index (χ0v) is 10.3. The normalized spacial score (nSPS) is 10.8. The topological polar surface area (TPSA) is 34.9 Å². The molecule has 0 radical (unpaired) electrons. The summed E-state index contributed by atoms with van der Waals surface area (Å²) in [4.78, 5) is 16.7. The van der Waals surface area contributed by atoms with E-state index in [1.807, 2.05) is 24.3 Å². The first-order valence-electron chi connectivity index (χ1n) is 5.88. The summed E-state index contributed by atoms with van der Waals surface area (Å²) in [6, 6.07) is 13.2. The van der Waals surface area contributed by atoms with Gasteiger partial charge in [0.15, 0.2) is 0 Å². The van der Waals surface area contributed by atoms with Crippen LogP contribution in [0.25, 0.3) is 22.3 Å². The molecule has 0 aliphatic carbocycles. The Morgan fingerprint density at radius 3 is 2.47 bits per heavy atom. The van der Waals surface area contributed by atoms with Gasteiger partial charge in [-0.05, 0) is 36.4 Å². The minimum atomic E-state index is -0.332. The molecule has 0 N–H and O–H groups in total. The van der Waals surface area contributed by atoms with Gasteiger partial charge >= 0.3 is 0 Å². The lowest BCUT2D eigenvalue weighted by Crippen LogP contribution is -2.20. The van der Waals surface area contributed by atoms with Crippen LogP contribution in [0.15, 0.2) is 53.3 Å². The molecule has 0 atom stereocenters. The minimum Gasteiger partial charge on any atom is -0.308 e. The molecule has 1 heterocycles. The van der Waals surface area contributed by atoms with Gasteiger partial charge in [-0.25, -0.2) is 9.37 Å². The van der Waals surface area contributed by atoms with Crippen molar-refractivity contribution in [1.82, 2.24) is 9.55 Å². The van der Waals surface area contributed by atoms with Crippen LogP contribution < -0.4 is 5.56 Å². The molecule has 0 fully saturated rings. The molecule has 0 unspecified atom stereocenters. The fourth-order valence-electron chi connectivity index (χ4n) is 2.07. The van der Waals surface area contributed by atoms with E-state index in [-0.39, 0.29) is 11.4 Å². The van der Waals surface area contributed by atoms with Crippen molar-refractivity contribution in [2.24, 2.45) is 7.05 Å². The Labute approximate surface area is 109 Å². The maximum absolute atomic E-state index is 12.9. The molecule has 19 heavy (non-hydrogen) atoms. The lowest BCUT2D eigenvalue weighted by atomic mass is 10.1. The van der Waals surface area contributed by atoms with Gasteiger partial charge < -0.3 is 4.57 Å². The summed E-state index contributed by atoms with van der Waals surface area (Å²) in [5, 5.41) is 0. The van der Waals surface area contributed by atoms with Gasteiger partial charge in [-0.2, -0.15) is 0 Å². The lowest BCUT2D eigenvalue weighted by molar-refractivity contribution is 0.628. The van der Waals surface area contributed by atoms with Gasteiger partial charge in [0.25, 0.3) is 5.56 Å². The maximum atomic E-state index is 12.9. The molecule has 94 valence electrons. The number of para-hydroxylation sites is 2. The highest BCUT2D eigenvalue weighted by molar-refractivity contribution is 5.77. The molecule has 2 aromatic carbocycles. The van der Waals surface area contributed by atoms with Crippen LogP contribution in [0.4, 0.5) is 4.39 Å². The number of halogens is 1. The Bertz CT molecular complexity index is 806. The van der Waals surface area contributed by atoms with Crippen molar-refractivity contribution in [1.29, 1.82) is 0 Å². The summed E-state index contributed by atoms with van der Waals surface area (Å²) in [6.07, 6.45) is 0. The summed E-state index contributed by atoms with van der Waals surface area (Å²) in [6.45, 7) is 0. The molecular weight excluding hydrogens is 243 g/mol. The van der Waals surface area contributed by atoms with Crippen molar-refractivity contribution >= 4 is 11.0 Å². The minimum absolute atomic E-state index is 0.190. The molecule has 0 aliphatic heterocycles. The fraction of sp³-hybridized carbons (Fsp3) is 0.0667. The third-order valence-electron chi connectivity index (χ3n) is 3.10. The van der Waals surface area contributed by atoms with Crippen LogP contribution in [0.2, 0.25) is 0 Å². The van der Waals surface area contributed by atoms with Crippen molar-refractivity contribution in [2.45, 2.75) is 0 Å². The summed E-state index contributed by atoms with van der Waals surface area (Å²) < 4.78 is 14.5. The van der Waals surface area contributed by atoms with Gasteiger partial charge in [0.2, 0.25) is 0 Å². The second-order valence-electron chi connectivity index (χ2n) is 4.32. The van der Waals surface area contributed by atoms with E-state index in [0.717, 1.165) is 11.0 Å². The summed E-state index contributed by atoms with van der Waals surface area (Å²) in [5.41, 5.74) is 2.28. The van der Waals surface area contributed by atoms with E-state index in [0.29, 0.717) is 11.3 Å². The highest BCUT2D eigenvalue weighted by atomic mass is 19.1. The molecular formula is C15H11FN2O. The summed E-state index contributed by atoms with van der Waals surface area (Å²) in [5.74, 6) is -0.332. The Kier molecular flexibility index (Phi) is 2.63. The molecule has 0 aliphatic rings. The Hall–Kier alpha value is -2.49. The van der Waals surface area contributed by atoms with E-state index in [1.54, 1.807) is 23.7 Å². The first-order chi connectivity index (χ1) is 9.16. The Morgan fingerprint density at radius 2 is 1.74 bits per heavy atom. The van der Waals surface area contributed by atoms with Crippen molar-refractivity contribution < 1.29 is 4.39 Å². The van der Waals surface area contributed by atoms with Gasteiger partial charge in [0, 0.05) is 12.6 Å². The van der Waals surface area contributed by atoms with Crippen LogP contribution in [0, 0.1) is 5.82 Å². The molecule has 0 spiro atoms. The smallest absolute Gasteiger partial charge is 0.277 e. The van der Waals surface area contributed by atoms with Gasteiger partial charge in [-0.1, -0.05) is 12.1 Å². The average molecular weight is 254 g/mol. The van der Waals surface area contributed by atoms with E-state index < -0.39 is 0 Å². The summed E-state index contributed by atoms with van der Waals surface area (Å²) >= 11 is 0. The number of fused-ring (bicyclic) bond motifs is 1. The third kappa shape index (κ3) is 1.91. The fourth-order valence-corrected chi connectivity index (χ4v) is 2.07. The lowest BCUT2D eigenvalue weighted by Gasteiger charge is -2.07. The molecule has 0 saturated heterocycles. The summed E-state index contributed by atoms with van der Waals surface area (Å²) in [7, 11) is 1.71. The predicted molar refractivity (Wildman–Crippen MR) is 72.4 cm³/mol. The molecule has 3 rings (SSSR count). The number of nitrogens with zero attached hydrogens (tertiary/aromatic N) is 2. The van der Waals surface area contributed by atoms with E-state index in [1.165, 1.54) is 12.1 Å². The number of benzene rings is 2. The standard InChI is InChI=1S/C15H11FN2O/c1-18-13-5-3-2-4-12(13)17-14(15(18)19)10-6-8-11(16)9-7-10/h2-9H,1H3. The van der Waals surface area contributed by atoms with Crippen LogP contribution in [-0.2, 0) is 7.05 Å². The molecule has 3 nitrogen and oxygen atoms in total. The van der Waals surface area contributed by atoms with E-state index >= 15 is 0 Å². The second-order valence-corrected chi connectivity index (χ2v) is 4.32. The third-order valence-corrected chi connectivity index (χ3v) is 3.10. The van der Waals surface area contributed by atoms with Crippen LogP contribution in [-0.4, -0.2) is 9.55 Å². The molecule has 0 bridgehead atoms. The van der Waals surface area contributed by atoms with E-state index in [9.17, 15) is 9.18 Å². The van der Waals surface area contributed by atoms with Crippen LogP contribution in [0.3, 0.4) is 0 Å². The predicted octanol–water partition coefficient (Wildman–Crippen LogP) is 2.74. The number of aryl methyl sites for hydroxylation is 1. The second kappa shape index (κ2) is 4.31. The first-order valence-corrected chi connectivity index (χ1v) is 5.88. The molecule has 3 aromatic rings. The average Bonchev–Trinajstić information content (AvgIpc) is 2.44. The molecule has 4 heteroatoms. The quantitative estimate of drug-likeness (QED) is 0.669. The van der Waals surface area contributed by atoms with Gasteiger partial charge in [0.05, 0.1) is 11.0 Å². The Morgan fingerprint density at radius 1 is 1.05 bits per heavy atom. The van der Waals surface area contributed by atoms with Gasteiger partial charge in [-0.15, -0.1) is 0 Å². The van der Waals surface area contributed by atoms with E-state index in [2.05, 4.69) is 4.98 Å². The van der Waals surface area contributed by atoms with Crippen molar-refractivity contribution in [2.75, 3.05) is 0 Å². The Balaban J connectivity index is 2.33. The number of hydrogen-bond donors (Lipinski definition) is 0. The molecule has 1 aromatic heterocycles. The monoisotopic (exact) mass is 254 g/mol. The molecule has 0 saturated carbocycles. The van der Waals surface area contributed by atoms with Crippen LogP contribution in [0.1, 0.15) is 0 Å². The maximum Gasteiger partial charge on any atom is 0.277 e. The highest BCUT2D eigenvalue weighted by Crippen LogP contribution is 2.17. The zero-order chi connectivity index (χ0) is 13.4. The number of rotatable bonds is 1. The number of aromatic nitrogens is 2. The van der Waals surface area contributed by atoms with Gasteiger partial charge in [0.1, 0.15) is 11.5 Å². The first kappa shape index (κ1) is 11.6. The zero-order valence-electron chi connectivity index (χ0n) is 10.3. The SMILES string of the molecule is Cn1c(=O)c(-c2ccc(F)cc2)nc2ccccc21. The van der Waals surface area contributed by atoms with Crippen molar-refractivity contribution in [3.8, 4) is 11.3 Å². The highest BCUT2D eigenvalue weighted by Gasteiger charge is 2.10. The number of hydrogen-bond acceptors (Lipinski definition) is 2. The van der Waals surface area contributed by atoms with Crippen molar-refractivity contribution in [3.63, 3.8) is 0 Å². The largest absolute Gasteiger partial charge is 0.308 e. The van der Waals surface area contributed by atoms with E-state index in [4.69, 9.17) is 0 Å². The van der Waals surface area contributed by atoms with Crippen LogP contribution >= 0.6 is 0 Å². The van der Waals surface area contributed by atoms with Crippen molar-refractivity contribution in [3.05, 3.63) is 64.7 Å².